The second-order valence-corrected chi connectivity index (χ2v) is 16.6. The molecule has 3 N–H and O–H groups in total. The first-order chi connectivity index (χ1) is 27.2. The van der Waals surface area contributed by atoms with E-state index in [4.69, 9.17) is 41.5 Å². The summed E-state index contributed by atoms with van der Waals surface area (Å²) in [6.07, 6.45) is 4.30. The second kappa shape index (κ2) is 14.8. The van der Waals surface area contributed by atoms with E-state index in [-0.39, 0.29) is 46.1 Å². The standard InChI is InChI=1S/C41H41ClFN9O3S/c1-21(2)22(3)52-19-33(49-50-52)24-6-4-23(5-7-24)20-54-37-35(28-8-9-32(43)38-34(28)30(16-44)39(45)56-38)31(42)15-29-36(37)47-41(55-27-10-12-53-13-11-27)48-40(29)51-18-25-14-26(51)17-46-25/h4-9,15,19,21-22,25-27,46H,10-14,17-18,20,45H2,1-3H3. The maximum Gasteiger partial charge on any atom is 0.319 e. The highest BCUT2D eigenvalue weighted by Crippen LogP contribution is 2.50. The summed E-state index contributed by atoms with van der Waals surface area (Å²) in [5.41, 5.74) is 10.6. The predicted octanol–water partition coefficient (Wildman–Crippen LogP) is 7.92. The largest absolute Gasteiger partial charge is 0.486 e. The topological polar surface area (TPSA) is 149 Å². The molecule has 0 amide bonds. The lowest BCUT2D eigenvalue weighted by molar-refractivity contribution is 0.0219. The van der Waals surface area contributed by atoms with Crippen LogP contribution in [0.15, 0.2) is 48.7 Å². The second-order valence-electron chi connectivity index (χ2n) is 15.2. The Morgan fingerprint density at radius 1 is 1.14 bits per heavy atom. The van der Waals surface area contributed by atoms with Gasteiger partial charge in [-0.25, -0.2) is 9.07 Å². The van der Waals surface area contributed by atoms with Crippen LogP contribution in [0.4, 0.5) is 15.2 Å². The van der Waals surface area contributed by atoms with Gasteiger partial charge in [0.1, 0.15) is 46.6 Å². The number of benzene rings is 3. The predicted molar refractivity (Wildman–Crippen MR) is 216 cm³/mol. The van der Waals surface area contributed by atoms with Gasteiger partial charge in [0, 0.05) is 59.9 Å². The Balaban J connectivity index is 1.18. The zero-order chi connectivity index (χ0) is 38.7. The van der Waals surface area contributed by atoms with Crippen LogP contribution in [0.2, 0.25) is 5.02 Å². The van der Waals surface area contributed by atoms with Crippen LogP contribution in [0.3, 0.4) is 0 Å². The molecule has 3 fully saturated rings. The molecule has 0 spiro atoms. The van der Waals surface area contributed by atoms with Crippen LogP contribution in [0.5, 0.6) is 11.8 Å². The fraction of sp³-hybridized carbons (Fsp3) is 0.390. The minimum atomic E-state index is -0.477. The molecule has 12 nitrogen and oxygen atoms in total. The molecule has 0 aliphatic carbocycles. The van der Waals surface area contributed by atoms with E-state index >= 15 is 4.39 Å². The lowest BCUT2D eigenvalue weighted by atomic mass is 9.96. The van der Waals surface area contributed by atoms with E-state index in [1.165, 1.54) is 6.07 Å². The minimum absolute atomic E-state index is 0.112. The Labute approximate surface area is 332 Å². The van der Waals surface area contributed by atoms with Crippen molar-refractivity contribution >= 4 is 54.7 Å². The average molecular weight is 794 g/mol. The molecule has 56 heavy (non-hydrogen) atoms. The number of rotatable bonds is 10. The molecule has 3 aliphatic heterocycles. The van der Waals surface area contributed by atoms with Crippen molar-refractivity contribution in [2.45, 2.75) is 70.9 Å². The lowest BCUT2D eigenvalue weighted by Gasteiger charge is -2.30. The Hall–Kier alpha value is -5.07. The van der Waals surface area contributed by atoms with Gasteiger partial charge in [0.2, 0.25) is 0 Å². The summed E-state index contributed by atoms with van der Waals surface area (Å²) >= 11 is 8.35. The molecule has 2 bridgehead atoms. The number of anilines is 2. The number of aromatic nitrogens is 5. The fourth-order valence-electron chi connectivity index (χ4n) is 7.95. The summed E-state index contributed by atoms with van der Waals surface area (Å²) in [4.78, 5) is 12.4. The molecule has 15 heteroatoms. The van der Waals surface area contributed by atoms with E-state index in [0.29, 0.717) is 63.4 Å². The SMILES string of the molecule is CC(C)C(C)n1cc(-c2ccc(COc3c(-c4ccc(F)c5sc(N)c(C#N)c45)c(Cl)cc4c(N5CC6CC5CN6)nc(OC5CCOCC5)nc34)cc2)nn1. The molecule has 3 aromatic heterocycles. The third-order valence-electron chi connectivity index (χ3n) is 11.4. The van der Waals surface area contributed by atoms with Crippen LogP contribution in [-0.4, -0.2) is 69.5 Å². The zero-order valence-corrected chi connectivity index (χ0v) is 32.8. The van der Waals surface area contributed by atoms with Crippen molar-refractivity contribution in [1.82, 2.24) is 30.3 Å². The van der Waals surface area contributed by atoms with Crippen LogP contribution in [-0.2, 0) is 11.3 Å². The molecule has 288 valence electrons. The number of piperazine rings is 1. The van der Waals surface area contributed by atoms with Crippen LogP contribution >= 0.6 is 22.9 Å². The molecule has 3 atom stereocenters. The number of nitriles is 1. The number of nitrogens with one attached hydrogen (secondary N) is 1. The highest BCUT2D eigenvalue weighted by atomic mass is 35.5. The third kappa shape index (κ3) is 6.56. The molecule has 3 aliphatic rings. The van der Waals surface area contributed by atoms with Crippen molar-refractivity contribution in [2.75, 3.05) is 36.9 Å². The Morgan fingerprint density at radius 2 is 1.95 bits per heavy atom. The summed E-state index contributed by atoms with van der Waals surface area (Å²) in [6, 6.07) is 16.1. The molecular weight excluding hydrogens is 753 g/mol. The van der Waals surface area contributed by atoms with Gasteiger partial charge in [0.25, 0.3) is 0 Å². The number of fused-ring (bicyclic) bond motifs is 4. The lowest BCUT2D eigenvalue weighted by Crippen LogP contribution is -2.44. The Kier molecular flexibility index (Phi) is 9.65. The van der Waals surface area contributed by atoms with E-state index in [2.05, 4.69) is 47.4 Å². The number of hydrogen-bond donors (Lipinski definition) is 2. The highest BCUT2D eigenvalue weighted by Gasteiger charge is 2.40. The Morgan fingerprint density at radius 3 is 2.66 bits per heavy atom. The first-order valence-electron chi connectivity index (χ1n) is 19.0. The van der Waals surface area contributed by atoms with Crippen molar-refractivity contribution < 1.29 is 18.6 Å². The van der Waals surface area contributed by atoms with E-state index in [0.717, 1.165) is 66.3 Å². The molecule has 0 radical (unpaired) electrons. The van der Waals surface area contributed by atoms with Crippen molar-refractivity contribution in [2.24, 2.45) is 5.92 Å². The van der Waals surface area contributed by atoms with Crippen molar-refractivity contribution in [3.05, 3.63) is 70.6 Å². The summed E-state index contributed by atoms with van der Waals surface area (Å²) in [5.74, 6) is 1.02. The van der Waals surface area contributed by atoms with Crippen molar-refractivity contribution in [3.63, 3.8) is 0 Å². The van der Waals surface area contributed by atoms with Crippen LogP contribution in [0, 0.1) is 23.1 Å². The number of thiophene rings is 1. The van der Waals surface area contributed by atoms with Gasteiger partial charge in [-0.05, 0) is 42.5 Å². The monoisotopic (exact) mass is 793 g/mol. The Bertz CT molecular complexity index is 2500. The van der Waals surface area contributed by atoms with Gasteiger partial charge in [0.05, 0.1) is 40.7 Å². The minimum Gasteiger partial charge on any atom is -0.486 e. The number of nitrogen functional groups attached to an aromatic ring is 1. The van der Waals surface area contributed by atoms with Crippen molar-refractivity contribution in [1.29, 1.82) is 5.26 Å². The molecule has 6 aromatic rings. The number of nitrogens with zero attached hydrogens (tertiary/aromatic N) is 7. The van der Waals surface area contributed by atoms with Gasteiger partial charge in [-0.2, -0.15) is 15.2 Å². The van der Waals surface area contributed by atoms with Gasteiger partial charge in [0.15, 0.2) is 5.75 Å². The van der Waals surface area contributed by atoms with E-state index in [1.54, 1.807) is 6.07 Å². The molecular formula is C41H41ClFN9O3S. The van der Waals surface area contributed by atoms with Gasteiger partial charge in [-0.15, -0.1) is 16.4 Å². The van der Waals surface area contributed by atoms with Gasteiger partial charge < -0.3 is 30.2 Å². The van der Waals surface area contributed by atoms with Crippen molar-refractivity contribution in [3.8, 4) is 40.2 Å². The number of halogens is 2. The third-order valence-corrected chi connectivity index (χ3v) is 12.7. The maximum atomic E-state index is 15.4. The average Bonchev–Trinajstić information content (AvgIpc) is 4.02. The summed E-state index contributed by atoms with van der Waals surface area (Å²) in [6.45, 7) is 9.41. The summed E-state index contributed by atoms with van der Waals surface area (Å²) in [5, 5.41) is 24.2. The molecule has 9 rings (SSSR count). The van der Waals surface area contributed by atoms with E-state index in [9.17, 15) is 5.26 Å². The number of hydrogen-bond acceptors (Lipinski definition) is 12. The first kappa shape index (κ1) is 36.6. The van der Waals surface area contributed by atoms with Gasteiger partial charge >= 0.3 is 6.01 Å². The molecule has 3 saturated heterocycles. The van der Waals surface area contributed by atoms with Crippen LogP contribution < -0.4 is 25.4 Å². The molecule has 3 unspecified atom stereocenters. The quantitative estimate of drug-likeness (QED) is 0.139. The molecule has 6 heterocycles. The number of ether oxygens (including phenoxy) is 3. The summed E-state index contributed by atoms with van der Waals surface area (Å²) in [7, 11) is 0. The maximum absolute atomic E-state index is 15.4. The molecule has 3 aromatic carbocycles. The zero-order valence-electron chi connectivity index (χ0n) is 31.3. The van der Waals surface area contributed by atoms with Gasteiger partial charge in [-0.3, -0.25) is 0 Å². The van der Waals surface area contributed by atoms with Gasteiger partial charge in [-0.1, -0.05) is 61.0 Å². The van der Waals surface area contributed by atoms with E-state index < -0.39 is 5.82 Å². The summed E-state index contributed by atoms with van der Waals surface area (Å²) < 4.78 is 36.5. The van der Waals surface area contributed by atoms with Crippen LogP contribution in [0.1, 0.15) is 57.2 Å². The number of nitrogens with two attached hydrogens (primary N) is 1. The smallest absolute Gasteiger partial charge is 0.319 e. The molecule has 0 saturated carbocycles. The first-order valence-corrected chi connectivity index (χ1v) is 20.2. The normalized spacial score (nSPS) is 19.0. The highest BCUT2D eigenvalue weighted by molar-refractivity contribution is 7.23. The van der Waals surface area contributed by atoms with E-state index in [1.807, 2.05) is 41.2 Å². The van der Waals surface area contributed by atoms with Crippen LogP contribution in [0.25, 0.3) is 43.4 Å². The fourth-order valence-corrected chi connectivity index (χ4v) is 9.19.